The van der Waals surface area contributed by atoms with E-state index in [1.807, 2.05) is 31.2 Å². The number of fused-ring (bicyclic) bond motifs is 1. The van der Waals surface area contributed by atoms with Gasteiger partial charge in [0.15, 0.2) is 5.65 Å². The Kier molecular flexibility index (Phi) is 6.29. The minimum atomic E-state index is -0.157. The van der Waals surface area contributed by atoms with Crippen LogP contribution >= 0.6 is 11.3 Å². The van der Waals surface area contributed by atoms with Gasteiger partial charge in [0.2, 0.25) is 0 Å². The third kappa shape index (κ3) is 5.12. The van der Waals surface area contributed by atoms with Gasteiger partial charge in [0.25, 0.3) is 5.91 Å². The van der Waals surface area contributed by atoms with Crippen LogP contribution in [0.5, 0.6) is 0 Å². The lowest BCUT2D eigenvalue weighted by molar-refractivity contribution is 0.0911. The summed E-state index contributed by atoms with van der Waals surface area (Å²) >= 11 is 1.58. The number of amides is 1. The molecule has 0 saturated carbocycles. The van der Waals surface area contributed by atoms with E-state index in [0.29, 0.717) is 23.3 Å². The minimum Gasteiger partial charge on any atom is -0.380 e. The second-order valence-corrected chi connectivity index (χ2v) is 10.2. The van der Waals surface area contributed by atoms with Crippen LogP contribution in [0.2, 0.25) is 0 Å². The average Bonchev–Trinajstić information content (AvgIpc) is 3.44. The second kappa shape index (κ2) is 9.15. The van der Waals surface area contributed by atoms with Crippen molar-refractivity contribution in [1.29, 1.82) is 0 Å². The SMILES string of the molecule is C=C(NCc1ccncc1)c1ccc(-c2cnc3[nH]cc(C(=O)N[C@@H](C)C(C)(C)C)c3n2)s1. The molecule has 170 valence electrons. The van der Waals surface area contributed by atoms with Gasteiger partial charge in [-0.05, 0) is 42.2 Å². The van der Waals surface area contributed by atoms with Crippen molar-refractivity contribution in [2.24, 2.45) is 5.41 Å². The van der Waals surface area contributed by atoms with Gasteiger partial charge in [-0.1, -0.05) is 27.4 Å². The summed E-state index contributed by atoms with van der Waals surface area (Å²) in [5.74, 6) is -0.157. The molecule has 4 rings (SSSR count). The van der Waals surface area contributed by atoms with Crippen molar-refractivity contribution < 1.29 is 4.79 Å². The molecule has 4 aromatic rings. The molecule has 0 aromatic carbocycles. The number of carbonyl (C=O) groups is 1. The van der Waals surface area contributed by atoms with E-state index in [1.165, 1.54) is 0 Å². The summed E-state index contributed by atoms with van der Waals surface area (Å²) < 4.78 is 0. The fourth-order valence-electron chi connectivity index (χ4n) is 3.11. The van der Waals surface area contributed by atoms with Crippen LogP contribution in [-0.2, 0) is 6.54 Å². The Morgan fingerprint density at radius 3 is 2.70 bits per heavy atom. The molecule has 1 atom stereocenters. The molecule has 0 aliphatic carbocycles. The summed E-state index contributed by atoms with van der Waals surface area (Å²) in [5.41, 5.74) is 4.31. The number of nitrogens with zero attached hydrogens (tertiary/aromatic N) is 3. The number of hydrogen-bond donors (Lipinski definition) is 3. The zero-order valence-corrected chi connectivity index (χ0v) is 20.1. The molecule has 4 heterocycles. The highest BCUT2D eigenvalue weighted by molar-refractivity contribution is 7.16. The van der Waals surface area contributed by atoms with E-state index in [4.69, 9.17) is 4.98 Å². The molecule has 0 unspecified atom stereocenters. The molecular weight excluding hydrogens is 432 g/mol. The standard InChI is InChI=1S/C25H28N6OS/c1-15(27-12-17-8-10-26-11-9-17)20-6-7-21(33-20)19-14-29-23-22(31-19)18(13-28-23)24(32)30-16(2)25(3,4)5/h6-11,13-14,16,27H,1,12H2,2-5H3,(H,28,29)(H,30,32)/t16-/m0/s1. The van der Waals surface area contributed by atoms with E-state index >= 15 is 0 Å². The van der Waals surface area contributed by atoms with Crippen molar-refractivity contribution in [3.63, 3.8) is 0 Å². The highest BCUT2D eigenvalue weighted by Gasteiger charge is 2.24. The second-order valence-electron chi connectivity index (χ2n) is 9.07. The molecule has 0 spiro atoms. The van der Waals surface area contributed by atoms with E-state index in [2.05, 4.69) is 52.9 Å². The number of hydrogen-bond acceptors (Lipinski definition) is 6. The molecule has 1 amide bonds. The number of carbonyl (C=O) groups excluding carboxylic acids is 1. The van der Waals surface area contributed by atoms with Crippen molar-refractivity contribution in [2.45, 2.75) is 40.3 Å². The molecule has 8 heteroatoms. The smallest absolute Gasteiger partial charge is 0.255 e. The lowest BCUT2D eigenvalue weighted by Gasteiger charge is -2.27. The van der Waals surface area contributed by atoms with Gasteiger partial charge in [-0.2, -0.15) is 0 Å². The molecule has 0 aliphatic rings. The fourth-order valence-corrected chi connectivity index (χ4v) is 4.02. The lowest BCUT2D eigenvalue weighted by Crippen LogP contribution is -2.41. The molecule has 0 fully saturated rings. The molecule has 0 aliphatic heterocycles. The number of rotatable bonds is 7. The van der Waals surface area contributed by atoms with E-state index < -0.39 is 0 Å². The molecule has 33 heavy (non-hydrogen) atoms. The van der Waals surface area contributed by atoms with Crippen LogP contribution in [0.1, 0.15) is 48.5 Å². The van der Waals surface area contributed by atoms with Gasteiger partial charge in [-0.3, -0.25) is 9.78 Å². The van der Waals surface area contributed by atoms with Crippen LogP contribution in [-0.4, -0.2) is 31.9 Å². The molecule has 7 nitrogen and oxygen atoms in total. The van der Waals surface area contributed by atoms with E-state index in [0.717, 1.165) is 26.7 Å². The Bertz CT molecular complexity index is 1290. The third-order valence-corrected chi connectivity index (χ3v) is 6.85. The Morgan fingerprint density at radius 1 is 1.21 bits per heavy atom. The van der Waals surface area contributed by atoms with Crippen LogP contribution in [0.15, 0.2) is 55.6 Å². The summed E-state index contributed by atoms with van der Waals surface area (Å²) in [6.07, 6.45) is 6.94. The van der Waals surface area contributed by atoms with Gasteiger partial charge in [0.1, 0.15) is 5.52 Å². The average molecular weight is 461 g/mol. The Balaban J connectivity index is 1.52. The monoisotopic (exact) mass is 460 g/mol. The van der Waals surface area contributed by atoms with Crippen molar-refractivity contribution in [1.82, 2.24) is 30.6 Å². The predicted octanol–water partition coefficient (Wildman–Crippen LogP) is 5.01. The Labute approximate surface area is 197 Å². The van der Waals surface area contributed by atoms with Crippen molar-refractivity contribution in [3.05, 3.63) is 71.6 Å². The maximum Gasteiger partial charge on any atom is 0.255 e. The zero-order chi connectivity index (χ0) is 23.6. The number of aromatic amines is 1. The van der Waals surface area contributed by atoms with Gasteiger partial charge in [0, 0.05) is 36.9 Å². The summed E-state index contributed by atoms with van der Waals surface area (Å²) in [4.78, 5) is 31.2. The summed E-state index contributed by atoms with van der Waals surface area (Å²) in [6.45, 7) is 13.1. The fraction of sp³-hybridized carbons (Fsp3) is 0.280. The van der Waals surface area contributed by atoms with Gasteiger partial charge >= 0.3 is 0 Å². The zero-order valence-electron chi connectivity index (χ0n) is 19.3. The normalized spacial score (nSPS) is 12.5. The number of H-pyrrole nitrogens is 1. The lowest BCUT2D eigenvalue weighted by atomic mass is 9.88. The highest BCUT2D eigenvalue weighted by Crippen LogP contribution is 2.30. The first-order valence-electron chi connectivity index (χ1n) is 10.8. The van der Waals surface area contributed by atoms with Crippen LogP contribution in [0.3, 0.4) is 0 Å². The largest absolute Gasteiger partial charge is 0.380 e. The summed E-state index contributed by atoms with van der Waals surface area (Å²) in [5, 5.41) is 6.43. The van der Waals surface area contributed by atoms with Crippen LogP contribution in [0.4, 0.5) is 0 Å². The molecule has 0 radical (unpaired) electrons. The predicted molar refractivity (Wildman–Crippen MR) is 134 cm³/mol. The van der Waals surface area contributed by atoms with Crippen molar-refractivity contribution >= 4 is 34.1 Å². The summed E-state index contributed by atoms with van der Waals surface area (Å²) in [6, 6.07) is 7.97. The first kappa shape index (κ1) is 22.7. The number of aromatic nitrogens is 4. The van der Waals surface area contributed by atoms with Crippen molar-refractivity contribution in [2.75, 3.05) is 0 Å². The maximum absolute atomic E-state index is 12.9. The molecule has 0 saturated heterocycles. The number of thiophene rings is 1. The first-order chi connectivity index (χ1) is 15.7. The Morgan fingerprint density at radius 2 is 1.97 bits per heavy atom. The van der Waals surface area contributed by atoms with Gasteiger partial charge in [-0.25, -0.2) is 9.97 Å². The van der Waals surface area contributed by atoms with E-state index in [-0.39, 0.29) is 17.4 Å². The topological polar surface area (TPSA) is 95.6 Å². The molecule has 4 aromatic heterocycles. The van der Waals surface area contributed by atoms with Gasteiger partial charge in [0.05, 0.1) is 27.2 Å². The molecule has 0 bridgehead atoms. The molecular formula is C25H28N6OS. The van der Waals surface area contributed by atoms with Crippen LogP contribution in [0, 0.1) is 5.41 Å². The third-order valence-electron chi connectivity index (χ3n) is 5.68. The first-order valence-corrected chi connectivity index (χ1v) is 11.6. The highest BCUT2D eigenvalue weighted by atomic mass is 32.1. The van der Waals surface area contributed by atoms with Crippen LogP contribution in [0.25, 0.3) is 27.4 Å². The maximum atomic E-state index is 12.9. The van der Waals surface area contributed by atoms with Crippen LogP contribution < -0.4 is 10.6 Å². The van der Waals surface area contributed by atoms with Gasteiger partial charge in [-0.15, -0.1) is 11.3 Å². The quantitative estimate of drug-likeness (QED) is 0.360. The number of nitrogens with one attached hydrogen (secondary N) is 3. The number of pyridine rings is 1. The minimum absolute atomic E-state index is 0.0107. The van der Waals surface area contributed by atoms with Crippen molar-refractivity contribution in [3.8, 4) is 10.6 Å². The summed E-state index contributed by atoms with van der Waals surface area (Å²) in [7, 11) is 0. The molecule has 3 N–H and O–H groups in total. The van der Waals surface area contributed by atoms with Gasteiger partial charge < -0.3 is 15.6 Å². The van der Waals surface area contributed by atoms with E-state index in [1.54, 1.807) is 36.1 Å². The Hall–Kier alpha value is -3.52. The van der Waals surface area contributed by atoms with E-state index in [9.17, 15) is 4.79 Å².